The number of halogens is 1. The van der Waals surface area contributed by atoms with Gasteiger partial charge in [0.2, 0.25) is 5.91 Å². The Morgan fingerprint density at radius 1 is 1.28 bits per heavy atom. The fourth-order valence-corrected chi connectivity index (χ4v) is 2.21. The smallest absolute Gasteiger partial charge is 0.239 e. The molecule has 0 aliphatic carbocycles. The second-order valence-corrected chi connectivity index (χ2v) is 5.65. The van der Waals surface area contributed by atoms with Gasteiger partial charge in [0, 0.05) is 17.5 Å². The summed E-state index contributed by atoms with van der Waals surface area (Å²) in [5.74, 6) is 0.510. The van der Waals surface area contributed by atoms with E-state index in [1.807, 2.05) is 54.6 Å². The minimum Gasteiger partial charge on any atom is -0.489 e. The molecule has 0 aliphatic rings. The number of carbonyl (C=O) groups excluding carboxylic acids is 1. The molecule has 0 fully saturated rings. The van der Waals surface area contributed by atoms with Gasteiger partial charge in [0.05, 0.1) is 25.2 Å². The lowest BCUT2D eigenvalue weighted by atomic mass is 10.2. The highest BCUT2D eigenvalue weighted by Gasteiger charge is 2.05. The van der Waals surface area contributed by atoms with E-state index in [1.54, 1.807) is 6.21 Å². The van der Waals surface area contributed by atoms with E-state index >= 15 is 0 Å². The lowest BCUT2D eigenvalue weighted by molar-refractivity contribution is -0.128. The van der Waals surface area contributed by atoms with Gasteiger partial charge in [-0.25, -0.2) is 5.01 Å². The molecular weight excluding hydrogens is 338 g/mol. The van der Waals surface area contributed by atoms with Gasteiger partial charge in [0.25, 0.3) is 0 Å². The number of nitrogens with zero attached hydrogens (tertiary/aromatic N) is 3. The summed E-state index contributed by atoms with van der Waals surface area (Å²) >= 11 is 6.10. The molecule has 0 bridgehead atoms. The Labute approximate surface area is 152 Å². The zero-order valence-electron chi connectivity index (χ0n) is 13.9. The van der Waals surface area contributed by atoms with E-state index in [4.69, 9.17) is 21.6 Å². The maximum atomic E-state index is 11.4. The van der Waals surface area contributed by atoms with Gasteiger partial charge in [-0.2, -0.15) is 10.4 Å². The topological polar surface area (TPSA) is 65.7 Å². The van der Waals surface area contributed by atoms with Crippen LogP contribution in [0.2, 0.25) is 5.02 Å². The van der Waals surface area contributed by atoms with Crippen LogP contribution in [0.15, 0.2) is 53.6 Å². The maximum Gasteiger partial charge on any atom is 0.239 e. The third-order valence-electron chi connectivity index (χ3n) is 3.38. The number of rotatable bonds is 7. The minimum absolute atomic E-state index is 0.203. The molecule has 1 amide bonds. The molecular formula is C19H18ClN3O2. The summed E-state index contributed by atoms with van der Waals surface area (Å²) in [7, 11) is 0. The van der Waals surface area contributed by atoms with Crippen LogP contribution in [0.25, 0.3) is 0 Å². The molecule has 0 spiro atoms. The number of benzene rings is 2. The largest absolute Gasteiger partial charge is 0.489 e. The van der Waals surface area contributed by atoms with E-state index in [2.05, 4.69) is 5.10 Å². The zero-order valence-corrected chi connectivity index (χ0v) is 14.6. The van der Waals surface area contributed by atoms with Crippen LogP contribution in [-0.2, 0) is 11.4 Å². The molecule has 0 unspecified atom stereocenters. The lowest BCUT2D eigenvalue weighted by Crippen LogP contribution is -2.24. The zero-order chi connectivity index (χ0) is 18.1. The Kier molecular flexibility index (Phi) is 7.00. The van der Waals surface area contributed by atoms with Crippen molar-refractivity contribution in [2.45, 2.75) is 20.0 Å². The summed E-state index contributed by atoms with van der Waals surface area (Å²) in [5, 5.41) is 14.7. The Morgan fingerprint density at radius 2 is 2.00 bits per heavy atom. The molecule has 0 radical (unpaired) electrons. The highest BCUT2D eigenvalue weighted by molar-refractivity contribution is 6.31. The Morgan fingerprint density at radius 3 is 2.64 bits per heavy atom. The summed E-state index contributed by atoms with van der Waals surface area (Å²) in [5.41, 5.74) is 1.75. The van der Waals surface area contributed by atoms with Crippen LogP contribution in [0, 0.1) is 11.3 Å². The predicted molar refractivity (Wildman–Crippen MR) is 97.4 cm³/mol. The Bertz CT molecular complexity index is 782. The summed E-state index contributed by atoms with van der Waals surface area (Å²) in [6, 6.07) is 16.9. The van der Waals surface area contributed by atoms with Crippen LogP contribution in [0.4, 0.5) is 0 Å². The van der Waals surface area contributed by atoms with E-state index in [0.29, 0.717) is 17.4 Å². The maximum absolute atomic E-state index is 11.4. The molecule has 2 aromatic carbocycles. The van der Waals surface area contributed by atoms with E-state index in [-0.39, 0.29) is 18.9 Å². The van der Waals surface area contributed by atoms with E-state index < -0.39 is 0 Å². The van der Waals surface area contributed by atoms with Crippen molar-refractivity contribution < 1.29 is 9.53 Å². The van der Waals surface area contributed by atoms with Gasteiger partial charge >= 0.3 is 0 Å². The van der Waals surface area contributed by atoms with Crippen LogP contribution >= 0.6 is 11.6 Å². The molecule has 0 aromatic heterocycles. The van der Waals surface area contributed by atoms with Gasteiger partial charge in [0.15, 0.2) is 0 Å². The van der Waals surface area contributed by atoms with Gasteiger partial charge in [-0.05, 0) is 35.9 Å². The molecule has 0 N–H and O–H groups in total. The molecule has 0 saturated heterocycles. The second kappa shape index (κ2) is 9.45. The van der Waals surface area contributed by atoms with Crippen LogP contribution in [0.5, 0.6) is 5.75 Å². The number of hydrazone groups is 1. The van der Waals surface area contributed by atoms with Crippen molar-refractivity contribution in [1.82, 2.24) is 5.01 Å². The minimum atomic E-state index is -0.203. The van der Waals surface area contributed by atoms with Crippen molar-refractivity contribution in [3.63, 3.8) is 0 Å². The van der Waals surface area contributed by atoms with Crippen LogP contribution in [0.1, 0.15) is 24.5 Å². The average Bonchev–Trinajstić information content (AvgIpc) is 2.62. The molecule has 5 nitrogen and oxygen atoms in total. The van der Waals surface area contributed by atoms with Crippen LogP contribution in [-0.4, -0.2) is 23.7 Å². The molecule has 2 aromatic rings. The monoisotopic (exact) mass is 355 g/mol. The van der Waals surface area contributed by atoms with Gasteiger partial charge in [-0.15, -0.1) is 0 Å². The standard InChI is InChI=1S/C19H18ClN3O2/c1-15(24)23(12-4-11-21)22-13-16-7-9-18(10-8-16)25-14-17-5-2-3-6-19(17)20/h2-3,5-10,13H,4,12,14H2,1H3. The van der Waals surface area contributed by atoms with Crippen molar-refractivity contribution >= 4 is 23.7 Å². The first-order chi connectivity index (χ1) is 12.1. The van der Waals surface area contributed by atoms with Crippen molar-refractivity contribution in [2.24, 2.45) is 5.10 Å². The number of nitriles is 1. The summed E-state index contributed by atoms with van der Waals surface area (Å²) < 4.78 is 5.72. The predicted octanol–water partition coefficient (Wildman–Crippen LogP) is 4.02. The average molecular weight is 356 g/mol. The molecule has 25 heavy (non-hydrogen) atoms. The van der Waals surface area contributed by atoms with Crippen molar-refractivity contribution in [3.8, 4) is 11.8 Å². The molecule has 2 rings (SSSR count). The van der Waals surface area contributed by atoms with Crippen molar-refractivity contribution in [1.29, 1.82) is 5.26 Å². The number of hydrogen-bond acceptors (Lipinski definition) is 4. The van der Waals surface area contributed by atoms with Gasteiger partial charge < -0.3 is 4.74 Å². The highest BCUT2D eigenvalue weighted by atomic mass is 35.5. The molecule has 0 aliphatic heterocycles. The molecule has 128 valence electrons. The first kappa shape index (κ1) is 18.5. The third-order valence-corrected chi connectivity index (χ3v) is 3.75. The van der Waals surface area contributed by atoms with Gasteiger partial charge in [-0.3, -0.25) is 4.79 Å². The second-order valence-electron chi connectivity index (χ2n) is 5.24. The van der Waals surface area contributed by atoms with E-state index in [1.165, 1.54) is 11.9 Å². The summed E-state index contributed by atoms with van der Waals surface area (Å²) in [6.07, 6.45) is 1.82. The van der Waals surface area contributed by atoms with Gasteiger partial charge in [-0.1, -0.05) is 29.8 Å². The Balaban J connectivity index is 1.95. The van der Waals surface area contributed by atoms with Crippen LogP contribution in [0.3, 0.4) is 0 Å². The summed E-state index contributed by atoms with van der Waals surface area (Å²) in [6.45, 7) is 2.08. The summed E-state index contributed by atoms with van der Waals surface area (Å²) in [4.78, 5) is 11.4. The Hall–Kier alpha value is -2.84. The fourth-order valence-electron chi connectivity index (χ4n) is 2.02. The fraction of sp³-hybridized carbons (Fsp3) is 0.211. The first-order valence-electron chi connectivity index (χ1n) is 7.75. The van der Waals surface area contributed by atoms with E-state index in [0.717, 1.165) is 11.1 Å². The number of hydrogen-bond donors (Lipinski definition) is 0. The first-order valence-corrected chi connectivity index (χ1v) is 8.13. The van der Waals surface area contributed by atoms with Crippen molar-refractivity contribution in [2.75, 3.05) is 6.54 Å². The number of carbonyl (C=O) groups is 1. The van der Waals surface area contributed by atoms with Gasteiger partial charge in [0.1, 0.15) is 12.4 Å². The normalized spacial score (nSPS) is 10.4. The van der Waals surface area contributed by atoms with E-state index in [9.17, 15) is 4.79 Å². The van der Waals surface area contributed by atoms with Crippen molar-refractivity contribution in [3.05, 3.63) is 64.7 Å². The highest BCUT2D eigenvalue weighted by Crippen LogP contribution is 2.18. The molecule has 0 saturated carbocycles. The number of ether oxygens (including phenoxy) is 1. The quantitative estimate of drug-likeness (QED) is 0.556. The third kappa shape index (κ3) is 5.94. The molecule has 0 atom stereocenters. The number of amides is 1. The molecule has 0 heterocycles. The van der Waals surface area contributed by atoms with Crippen LogP contribution < -0.4 is 4.74 Å². The lowest BCUT2D eigenvalue weighted by Gasteiger charge is -2.12. The molecule has 6 heteroatoms. The SMILES string of the molecule is CC(=O)N(CCC#N)N=Cc1ccc(OCc2ccccc2Cl)cc1.